The van der Waals surface area contributed by atoms with Crippen LogP contribution in [0.15, 0.2) is 114 Å². The van der Waals surface area contributed by atoms with Crippen molar-refractivity contribution in [2.75, 3.05) is 18.4 Å². The van der Waals surface area contributed by atoms with Gasteiger partial charge in [0.1, 0.15) is 0 Å². The summed E-state index contributed by atoms with van der Waals surface area (Å²) in [7, 11) is 0. The van der Waals surface area contributed by atoms with Gasteiger partial charge in [0.25, 0.3) is 0 Å². The standard InChI is InChI=1S/C36H35BrN4O/c1-25(42)23-41(24-27-8-3-2-4-9-27)19-18-26-14-16-31(17-15-26)39-36-38-22-29-21-34(28-10-7-11-30(37)20-28)32-12-5-6-13-33(32)35(29)40-36/h2-17,20,22,25,34,42H,18-19,21,23-24H2,1H3,(H,38,39,40). The molecule has 6 heteroatoms. The summed E-state index contributed by atoms with van der Waals surface area (Å²) in [5.74, 6) is 0.869. The lowest BCUT2D eigenvalue weighted by Crippen LogP contribution is -2.32. The van der Waals surface area contributed by atoms with Gasteiger partial charge in [-0.25, -0.2) is 9.97 Å². The molecule has 0 bridgehead atoms. The number of halogens is 1. The second kappa shape index (κ2) is 13.0. The number of anilines is 2. The zero-order valence-electron chi connectivity index (χ0n) is 23.7. The van der Waals surface area contributed by atoms with E-state index in [1.165, 1.54) is 27.8 Å². The summed E-state index contributed by atoms with van der Waals surface area (Å²) in [5, 5.41) is 13.4. The fourth-order valence-electron chi connectivity index (χ4n) is 5.84. The lowest BCUT2D eigenvalue weighted by Gasteiger charge is -2.27. The molecule has 0 aliphatic heterocycles. The summed E-state index contributed by atoms with van der Waals surface area (Å²) in [6.07, 6.45) is 3.39. The van der Waals surface area contributed by atoms with Gasteiger partial charge in [0.05, 0.1) is 11.8 Å². The molecule has 0 saturated carbocycles. The SMILES string of the molecule is CC(O)CN(CCc1ccc(Nc2ncc3c(n2)-c2ccccc2C(c2cccc(Br)c2)C3)cc1)Cc1ccccc1. The third kappa shape index (κ3) is 6.79. The molecular formula is C36H35BrN4O. The van der Waals surface area contributed by atoms with Crippen molar-refractivity contribution >= 4 is 27.6 Å². The van der Waals surface area contributed by atoms with Crippen LogP contribution in [0.4, 0.5) is 11.6 Å². The average Bonchev–Trinajstić information content (AvgIpc) is 3.00. The highest BCUT2D eigenvalue weighted by Crippen LogP contribution is 2.42. The summed E-state index contributed by atoms with van der Waals surface area (Å²) in [6, 6.07) is 36.1. The Morgan fingerprint density at radius 3 is 2.50 bits per heavy atom. The van der Waals surface area contributed by atoms with Crippen LogP contribution in [0.25, 0.3) is 11.3 Å². The van der Waals surface area contributed by atoms with Gasteiger partial charge in [-0.15, -0.1) is 0 Å². The molecule has 5 nitrogen and oxygen atoms in total. The minimum Gasteiger partial charge on any atom is -0.392 e. The van der Waals surface area contributed by atoms with Crippen LogP contribution in [0.1, 0.15) is 40.7 Å². The molecular weight excluding hydrogens is 584 g/mol. The van der Waals surface area contributed by atoms with Gasteiger partial charge in [0.2, 0.25) is 5.95 Å². The average molecular weight is 620 g/mol. The molecule has 1 aromatic heterocycles. The van der Waals surface area contributed by atoms with Crippen LogP contribution in [-0.4, -0.2) is 39.2 Å². The fourth-order valence-corrected chi connectivity index (χ4v) is 6.25. The third-order valence-corrected chi connectivity index (χ3v) is 8.32. The van der Waals surface area contributed by atoms with E-state index < -0.39 is 0 Å². The molecule has 2 N–H and O–H groups in total. The highest BCUT2D eigenvalue weighted by molar-refractivity contribution is 9.10. The number of aliphatic hydroxyl groups is 1. The zero-order valence-corrected chi connectivity index (χ0v) is 25.3. The highest BCUT2D eigenvalue weighted by Gasteiger charge is 2.27. The predicted molar refractivity (Wildman–Crippen MR) is 174 cm³/mol. The molecule has 5 aromatic rings. The van der Waals surface area contributed by atoms with E-state index in [4.69, 9.17) is 9.97 Å². The van der Waals surface area contributed by atoms with Gasteiger partial charge in [0, 0.05) is 47.5 Å². The number of aromatic nitrogens is 2. The molecule has 1 heterocycles. The van der Waals surface area contributed by atoms with E-state index in [-0.39, 0.29) is 12.0 Å². The number of nitrogens with zero attached hydrogens (tertiary/aromatic N) is 3. The van der Waals surface area contributed by atoms with E-state index in [1.54, 1.807) is 0 Å². The van der Waals surface area contributed by atoms with Crippen molar-refractivity contribution in [3.63, 3.8) is 0 Å². The molecule has 0 amide bonds. The number of nitrogens with one attached hydrogen (secondary N) is 1. The molecule has 2 atom stereocenters. The molecule has 0 saturated heterocycles. The van der Waals surface area contributed by atoms with Gasteiger partial charge in [-0.1, -0.05) is 94.8 Å². The first-order valence-electron chi connectivity index (χ1n) is 14.5. The van der Waals surface area contributed by atoms with Crippen LogP contribution < -0.4 is 5.32 Å². The van der Waals surface area contributed by atoms with E-state index in [0.29, 0.717) is 12.5 Å². The quantitative estimate of drug-likeness (QED) is 0.167. The van der Waals surface area contributed by atoms with Crippen LogP contribution in [0.2, 0.25) is 0 Å². The third-order valence-electron chi connectivity index (χ3n) is 7.83. The number of fused-ring (bicyclic) bond motifs is 3. The monoisotopic (exact) mass is 618 g/mol. The molecule has 0 fully saturated rings. The Morgan fingerprint density at radius 2 is 1.71 bits per heavy atom. The van der Waals surface area contributed by atoms with Crippen LogP contribution in [0.3, 0.4) is 0 Å². The van der Waals surface area contributed by atoms with Crippen molar-refractivity contribution in [1.29, 1.82) is 0 Å². The van der Waals surface area contributed by atoms with Crippen LogP contribution >= 0.6 is 15.9 Å². The number of hydrogen-bond donors (Lipinski definition) is 2. The van der Waals surface area contributed by atoms with Crippen molar-refractivity contribution < 1.29 is 5.11 Å². The Balaban J connectivity index is 1.14. The predicted octanol–water partition coefficient (Wildman–Crippen LogP) is 7.76. The van der Waals surface area contributed by atoms with Gasteiger partial charge >= 0.3 is 0 Å². The number of hydrogen-bond acceptors (Lipinski definition) is 5. The maximum absolute atomic E-state index is 10.0. The molecule has 0 spiro atoms. The lowest BCUT2D eigenvalue weighted by molar-refractivity contribution is 0.123. The molecule has 1 aliphatic rings. The Morgan fingerprint density at radius 1 is 0.929 bits per heavy atom. The first kappa shape index (κ1) is 28.3. The van der Waals surface area contributed by atoms with Crippen molar-refractivity contribution in [3.8, 4) is 11.3 Å². The van der Waals surface area contributed by atoms with E-state index >= 15 is 0 Å². The van der Waals surface area contributed by atoms with Gasteiger partial charge in [-0.05, 0) is 71.8 Å². The minimum atomic E-state index is -0.365. The Labute approximate surface area is 256 Å². The topological polar surface area (TPSA) is 61.3 Å². The van der Waals surface area contributed by atoms with Crippen molar-refractivity contribution in [2.45, 2.75) is 38.3 Å². The van der Waals surface area contributed by atoms with Gasteiger partial charge in [-0.3, -0.25) is 4.90 Å². The number of benzene rings is 4. The highest BCUT2D eigenvalue weighted by atomic mass is 79.9. The van der Waals surface area contributed by atoms with Crippen molar-refractivity contribution in [3.05, 3.63) is 142 Å². The zero-order chi connectivity index (χ0) is 28.9. The summed E-state index contributed by atoms with van der Waals surface area (Å²) >= 11 is 3.64. The van der Waals surface area contributed by atoms with Crippen LogP contribution in [0, 0.1) is 0 Å². The van der Waals surface area contributed by atoms with Gasteiger partial charge in [0.15, 0.2) is 0 Å². The largest absolute Gasteiger partial charge is 0.392 e. The van der Waals surface area contributed by atoms with E-state index in [2.05, 4.69) is 123 Å². The first-order valence-corrected chi connectivity index (χ1v) is 15.3. The van der Waals surface area contributed by atoms with E-state index in [0.717, 1.165) is 47.3 Å². The minimum absolute atomic E-state index is 0.269. The first-order chi connectivity index (χ1) is 20.5. The van der Waals surface area contributed by atoms with Gasteiger partial charge in [-0.2, -0.15) is 0 Å². The van der Waals surface area contributed by atoms with Crippen LogP contribution in [-0.2, 0) is 19.4 Å². The number of rotatable bonds is 10. The maximum Gasteiger partial charge on any atom is 0.227 e. The molecule has 212 valence electrons. The second-order valence-electron chi connectivity index (χ2n) is 11.1. The van der Waals surface area contributed by atoms with Crippen molar-refractivity contribution in [2.24, 2.45) is 0 Å². The molecule has 4 aromatic carbocycles. The second-order valence-corrected chi connectivity index (χ2v) is 12.0. The molecule has 6 rings (SSSR count). The Hall–Kier alpha value is -3.84. The molecule has 42 heavy (non-hydrogen) atoms. The smallest absolute Gasteiger partial charge is 0.227 e. The van der Waals surface area contributed by atoms with Gasteiger partial charge < -0.3 is 10.4 Å². The normalized spacial score (nSPS) is 14.7. The van der Waals surface area contributed by atoms with E-state index in [1.807, 2.05) is 19.2 Å². The Bertz CT molecular complexity index is 1640. The molecule has 0 radical (unpaired) electrons. The number of aliphatic hydroxyl groups excluding tert-OH is 1. The van der Waals surface area contributed by atoms with Crippen LogP contribution in [0.5, 0.6) is 0 Å². The molecule has 1 aliphatic carbocycles. The van der Waals surface area contributed by atoms with Crippen molar-refractivity contribution in [1.82, 2.24) is 14.9 Å². The summed E-state index contributed by atoms with van der Waals surface area (Å²) < 4.78 is 1.09. The maximum atomic E-state index is 10.0. The summed E-state index contributed by atoms with van der Waals surface area (Å²) in [5.41, 5.74) is 9.39. The lowest BCUT2D eigenvalue weighted by atomic mass is 9.78. The fraction of sp³-hybridized carbons (Fsp3) is 0.222. The molecule has 2 unspecified atom stereocenters. The summed E-state index contributed by atoms with van der Waals surface area (Å²) in [6.45, 7) is 4.20. The Kier molecular flexibility index (Phi) is 8.75. The van der Waals surface area contributed by atoms with E-state index in [9.17, 15) is 5.11 Å². The summed E-state index contributed by atoms with van der Waals surface area (Å²) in [4.78, 5) is 12.0.